The second-order valence-corrected chi connectivity index (χ2v) is 6.35. The fourth-order valence-electron chi connectivity index (χ4n) is 2.39. The highest BCUT2D eigenvalue weighted by atomic mass is 32.2. The lowest BCUT2D eigenvalue weighted by atomic mass is 10.3. The summed E-state index contributed by atoms with van der Waals surface area (Å²) in [6.45, 7) is 2.53. The van der Waals surface area contributed by atoms with E-state index in [1.807, 2.05) is 11.6 Å². The van der Waals surface area contributed by atoms with Gasteiger partial charge >= 0.3 is 0 Å². The van der Waals surface area contributed by atoms with E-state index in [0.29, 0.717) is 12.2 Å². The van der Waals surface area contributed by atoms with Gasteiger partial charge in [-0.15, -0.1) is 10.2 Å². The van der Waals surface area contributed by atoms with Crippen molar-refractivity contribution in [3.05, 3.63) is 24.4 Å². The summed E-state index contributed by atoms with van der Waals surface area (Å²) in [4.78, 5) is 22.7. The van der Waals surface area contributed by atoms with Crippen LogP contribution < -0.4 is 10.2 Å². The summed E-state index contributed by atoms with van der Waals surface area (Å²) in [5.41, 5.74) is 0.408. The molecule has 0 aliphatic carbocycles. The standard InChI is InChI=1S/C14H19N7OS/c1-20-10-18-19-14(20)23-7-4-15-13(22)11-8-12(17-9-16-11)21-5-2-3-6-21/h8-10H,2-7H2,1H3,(H,15,22). The van der Waals surface area contributed by atoms with Gasteiger partial charge in [-0.25, -0.2) is 9.97 Å². The van der Waals surface area contributed by atoms with Crippen molar-refractivity contribution in [1.29, 1.82) is 0 Å². The Morgan fingerprint density at radius 3 is 2.91 bits per heavy atom. The van der Waals surface area contributed by atoms with Crippen LogP contribution in [0.1, 0.15) is 23.3 Å². The normalized spacial score (nSPS) is 14.2. The number of carbonyl (C=O) groups is 1. The molecule has 3 heterocycles. The number of hydrogen-bond acceptors (Lipinski definition) is 7. The van der Waals surface area contributed by atoms with Crippen LogP contribution in [0.25, 0.3) is 0 Å². The van der Waals surface area contributed by atoms with Gasteiger partial charge in [-0.1, -0.05) is 11.8 Å². The molecular formula is C14H19N7OS. The van der Waals surface area contributed by atoms with Crippen molar-refractivity contribution >= 4 is 23.5 Å². The average Bonchev–Trinajstić information content (AvgIpc) is 3.23. The van der Waals surface area contributed by atoms with Crippen LogP contribution in [0, 0.1) is 0 Å². The summed E-state index contributed by atoms with van der Waals surface area (Å²) in [6.07, 6.45) is 5.45. The van der Waals surface area contributed by atoms with E-state index in [2.05, 4.69) is 30.4 Å². The Labute approximate surface area is 138 Å². The zero-order valence-electron chi connectivity index (χ0n) is 13.0. The summed E-state index contributed by atoms with van der Waals surface area (Å²) in [5, 5.41) is 11.5. The summed E-state index contributed by atoms with van der Waals surface area (Å²) in [6, 6.07) is 1.76. The first kappa shape index (κ1) is 15.7. The monoisotopic (exact) mass is 333 g/mol. The second kappa shape index (κ2) is 7.40. The Morgan fingerprint density at radius 1 is 1.35 bits per heavy atom. The van der Waals surface area contributed by atoms with Crippen molar-refractivity contribution in [2.75, 3.05) is 30.3 Å². The molecule has 0 bridgehead atoms. The highest BCUT2D eigenvalue weighted by Crippen LogP contribution is 2.17. The molecule has 2 aromatic rings. The maximum absolute atomic E-state index is 12.2. The van der Waals surface area contributed by atoms with Gasteiger partial charge in [-0.3, -0.25) is 4.79 Å². The third-order valence-electron chi connectivity index (χ3n) is 3.60. The molecule has 1 aliphatic rings. The van der Waals surface area contributed by atoms with E-state index in [-0.39, 0.29) is 5.91 Å². The molecule has 1 amide bonds. The molecule has 0 spiro atoms. The van der Waals surface area contributed by atoms with Gasteiger partial charge in [0.1, 0.15) is 24.2 Å². The molecule has 1 N–H and O–H groups in total. The fourth-order valence-corrected chi connectivity index (χ4v) is 3.13. The number of thioether (sulfide) groups is 1. The molecule has 0 atom stereocenters. The van der Waals surface area contributed by atoms with Crippen LogP contribution in [0.15, 0.2) is 23.9 Å². The van der Waals surface area contributed by atoms with Gasteiger partial charge in [0.2, 0.25) is 0 Å². The van der Waals surface area contributed by atoms with Crippen LogP contribution >= 0.6 is 11.8 Å². The van der Waals surface area contributed by atoms with E-state index in [1.165, 1.54) is 19.2 Å². The zero-order valence-corrected chi connectivity index (χ0v) is 13.8. The molecule has 3 rings (SSSR count). The van der Waals surface area contributed by atoms with Gasteiger partial charge in [0.05, 0.1) is 0 Å². The number of hydrogen-bond donors (Lipinski definition) is 1. The molecule has 8 nitrogen and oxygen atoms in total. The minimum Gasteiger partial charge on any atom is -0.357 e. The molecule has 0 unspecified atom stereocenters. The van der Waals surface area contributed by atoms with Crippen LogP contribution in [-0.2, 0) is 7.05 Å². The van der Waals surface area contributed by atoms with Crippen molar-refractivity contribution in [1.82, 2.24) is 30.0 Å². The Morgan fingerprint density at radius 2 is 2.17 bits per heavy atom. The smallest absolute Gasteiger partial charge is 0.270 e. The van der Waals surface area contributed by atoms with Gasteiger partial charge in [0, 0.05) is 38.5 Å². The number of amides is 1. The maximum Gasteiger partial charge on any atom is 0.270 e. The Hall–Kier alpha value is -2.16. The molecular weight excluding hydrogens is 314 g/mol. The van der Waals surface area contributed by atoms with Gasteiger partial charge in [-0.05, 0) is 12.8 Å². The summed E-state index contributed by atoms with van der Waals surface area (Å²) in [7, 11) is 1.89. The molecule has 1 fully saturated rings. The molecule has 1 saturated heterocycles. The first-order chi connectivity index (χ1) is 11.2. The largest absolute Gasteiger partial charge is 0.357 e. The van der Waals surface area contributed by atoms with Crippen molar-refractivity contribution in [3.8, 4) is 0 Å². The first-order valence-electron chi connectivity index (χ1n) is 7.56. The number of carbonyl (C=O) groups excluding carboxylic acids is 1. The topological polar surface area (TPSA) is 88.8 Å². The van der Waals surface area contributed by atoms with E-state index in [9.17, 15) is 4.79 Å². The van der Waals surface area contributed by atoms with Crippen molar-refractivity contribution in [3.63, 3.8) is 0 Å². The molecule has 122 valence electrons. The Bertz CT molecular complexity index is 669. The van der Waals surface area contributed by atoms with E-state index < -0.39 is 0 Å². The predicted molar refractivity (Wildman–Crippen MR) is 87.5 cm³/mol. The minimum atomic E-state index is -0.175. The molecule has 2 aromatic heterocycles. The Balaban J connectivity index is 1.50. The number of nitrogens with zero attached hydrogens (tertiary/aromatic N) is 6. The third-order valence-corrected chi connectivity index (χ3v) is 4.64. The van der Waals surface area contributed by atoms with Crippen LogP contribution in [0.3, 0.4) is 0 Å². The van der Waals surface area contributed by atoms with Gasteiger partial charge in [-0.2, -0.15) is 0 Å². The van der Waals surface area contributed by atoms with Crippen LogP contribution in [0.4, 0.5) is 5.82 Å². The number of aromatic nitrogens is 5. The average molecular weight is 333 g/mol. The Kier molecular flexibility index (Phi) is 5.06. The van der Waals surface area contributed by atoms with E-state index >= 15 is 0 Å². The molecule has 0 radical (unpaired) electrons. The van der Waals surface area contributed by atoms with Crippen LogP contribution in [0.5, 0.6) is 0 Å². The lowest BCUT2D eigenvalue weighted by Gasteiger charge is -2.16. The van der Waals surface area contributed by atoms with Gasteiger partial charge < -0.3 is 14.8 Å². The maximum atomic E-state index is 12.2. The SMILES string of the molecule is Cn1cnnc1SCCNC(=O)c1cc(N2CCCC2)ncn1. The van der Waals surface area contributed by atoms with Crippen LogP contribution in [0.2, 0.25) is 0 Å². The molecule has 0 saturated carbocycles. The van der Waals surface area contributed by atoms with Gasteiger partial charge in [0.25, 0.3) is 5.91 Å². The van der Waals surface area contributed by atoms with Gasteiger partial charge in [0.15, 0.2) is 5.16 Å². The number of anilines is 1. The zero-order chi connectivity index (χ0) is 16.1. The third kappa shape index (κ3) is 3.98. The summed E-state index contributed by atoms with van der Waals surface area (Å²) >= 11 is 1.55. The number of rotatable bonds is 6. The summed E-state index contributed by atoms with van der Waals surface area (Å²) < 4.78 is 1.85. The summed E-state index contributed by atoms with van der Waals surface area (Å²) in [5.74, 6) is 1.38. The quantitative estimate of drug-likeness (QED) is 0.615. The highest BCUT2D eigenvalue weighted by Gasteiger charge is 2.16. The van der Waals surface area contributed by atoms with Crippen LogP contribution in [-0.4, -0.2) is 56.0 Å². The number of aryl methyl sites for hydroxylation is 1. The predicted octanol–water partition coefficient (Wildman–Crippen LogP) is 0.727. The number of nitrogens with one attached hydrogen (secondary N) is 1. The molecule has 9 heteroatoms. The lowest BCUT2D eigenvalue weighted by molar-refractivity contribution is 0.0951. The first-order valence-corrected chi connectivity index (χ1v) is 8.54. The van der Waals surface area contributed by atoms with Crippen molar-refractivity contribution in [2.24, 2.45) is 7.05 Å². The van der Waals surface area contributed by atoms with Crippen molar-refractivity contribution in [2.45, 2.75) is 18.0 Å². The molecule has 1 aliphatic heterocycles. The second-order valence-electron chi connectivity index (χ2n) is 5.28. The van der Waals surface area contributed by atoms with E-state index in [1.54, 1.807) is 24.2 Å². The molecule has 0 aromatic carbocycles. The van der Waals surface area contributed by atoms with E-state index in [0.717, 1.165) is 29.8 Å². The molecule has 23 heavy (non-hydrogen) atoms. The van der Waals surface area contributed by atoms with Crippen molar-refractivity contribution < 1.29 is 4.79 Å². The lowest BCUT2D eigenvalue weighted by Crippen LogP contribution is -2.27. The highest BCUT2D eigenvalue weighted by molar-refractivity contribution is 7.99. The minimum absolute atomic E-state index is 0.175. The van der Waals surface area contributed by atoms with E-state index in [4.69, 9.17) is 0 Å². The fraction of sp³-hybridized carbons (Fsp3) is 0.500.